The van der Waals surface area contributed by atoms with Crippen LogP contribution in [0.4, 0.5) is 0 Å². The Labute approximate surface area is 115 Å². The van der Waals surface area contributed by atoms with Crippen LogP contribution >= 0.6 is 15.9 Å². The smallest absolute Gasteiger partial charge is 0.119 e. The summed E-state index contributed by atoms with van der Waals surface area (Å²) in [6.07, 6.45) is 2.63. The second kappa shape index (κ2) is 6.02. The molecule has 0 atom stereocenters. The van der Waals surface area contributed by atoms with Crippen LogP contribution in [-0.2, 0) is 20.0 Å². The van der Waals surface area contributed by atoms with E-state index < -0.39 is 0 Å². The largest absolute Gasteiger partial charge is 0.493 e. The molecule has 0 saturated heterocycles. The molecule has 0 bridgehead atoms. The summed E-state index contributed by atoms with van der Waals surface area (Å²) >= 11 is 3.45. The molecule has 1 aromatic heterocycles. The van der Waals surface area contributed by atoms with E-state index in [0.29, 0.717) is 13.2 Å². The average Bonchev–Trinajstić information content (AvgIpc) is 2.77. The molecule has 4 nitrogen and oxygen atoms in total. The number of hydrogen-bond donors (Lipinski definition) is 1. The summed E-state index contributed by atoms with van der Waals surface area (Å²) < 4.78 is 8.59. The highest BCUT2D eigenvalue weighted by molar-refractivity contribution is 9.10. The van der Waals surface area contributed by atoms with E-state index in [1.54, 1.807) is 6.20 Å². The van der Waals surface area contributed by atoms with Crippen LogP contribution in [0, 0.1) is 0 Å². The maximum atomic E-state index is 5.71. The molecule has 1 aromatic carbocycles. The molecule has 0 saturated carbocycles. The molecule has 0 amide bonds. The van der Waals surface area contributed by atoms with E-state index in [-0.39, 0.29) is 0 Å². The van der Waals surface area contributed by atoms with E-state index in [4.69, 9.17) is 10.5 Å². The van der Waals surface area contributed by atoms with Crippen LogP contribution < -0.4 is 10.5 Å². The maximum absolute atomic E-state index is 5.71. The summed E-state index contributed by atoms with van der Waals surface area (Å²) in [6, 6.07) is 7.86. The first-order chi connectivity index (χ1) is 8.70. The Kier molecular flexibility index (Phi) is 4.38. The average molecular weight is 310 g/mol. The van der Waals surface area contributed by atoms with Gasteiger partial charge in [-0.05, 0) is 29.8 Å². The molecule has 0 fully saturated rings. The lowest BCUT2D eigenvalue weighted by molar-refractivity contribution is 0.318. The summed E-state index contributed by atoms with van der Waals surface area (Å²) in [7, 11) is 1.93. The first-order valence-corrected chi connectivity index (χ1v) is 6.58. The minimum absolute atomic E-state index is 0.500. The van der Waals surface area contributed by atoms with Crippen molar-refractivity contribution in [3.63, 3.8) is 0 Å². The number of ether oxygens (including phenoxy) is 1. The van der Waals surface area contributed by atoms with Crippen LogP contribution in [0.25, 0.3) is 0 Å². The zero-order valence-electron chi connectivity index (χ0n) is 10.3. The molecule has 0 spiro atoms. The molecular formula is C13H16BrN3O. The molecule has 96 valence electrons. The molecule has 2 aromatic rings. The third-order valence-corrected chi connectivity index (χ3v) is 3.56. The number of nitrogens with two attached hydrogens (primary N) is 1. The van der Waals surface area contributed by atoms with E-state index in [1.807, 2.05) is 36.0 Å². The molecule has 5 heteroatoms. The van der Waals surface area contributed by atoms with E-state index in [9.17, 15) is 0 Å². The second-order valence-corrected chi connectivity index (χ2v) is 4.86. The minimum Gasteiger partial charge on any atom is -0.493 e. The van der Waals surface area contributed by atoms with Gasteiger partial charge in [-0.15, -0.1) is 0 Å². The third-order valence-electron chi connectivity index (χ3n) is 2.79. The van der Waals surface area contributed by atoms with Crippen LogP contribution in [0.15, 0.2) is 34.9 Å². The Balaban J connectivity index is 1.92. The van der Waals surface area contributed by atoms with Crippen molar-refractivity contribution in [3.8, 4) is 5.75 Å². The Morgan fingerprint density at radius 1 is 1.39 bits per heavy atom. The van der Waals surface area contributed by atoms with Crippen LogP contribution in [0.1, 0.15) is 11.3 Å². The molecule has 2 rings (SSSR count). The van der Waals surface area contributed by atoms with Gasteiger partial charge < -0.3 is 10.5 Å². The summed E-state index contributed by atoms with van der Waals surface area (Å²) in [5.74, 6) is 0.848. The molecule has 18 heavy (non-hydrogen) atoms. The number of benzene rings is 1. The lowest BCUT2D eigenvalue weighted by Gasteiger charge is -2.09. The Morgan fingerprint density at radius 2 is 2.22 bits per heavy atom. The molecule has 0 unspecified atom stereocenters. The van der Waals surface area contributed by atoms with Gasteiger partial charge in [0.25, 0.3) is 0 Å². The number of aryl methyl sites for hydroxylation is 1. The van der Waals surface area contributed by atoms with Crippen molar-refractivity contribution in [2.45, 2.75) is 13.0 Å². The molecule has 0 aliphatic rings. The van der Waals surface area contributed by atoms with Crippen LogP contribution in [0.3, 0.4) is 0 Å². The second-order valence-electron chi connectivity index (χ2n) is 4.00. The summed E-state index contributed by atoms with van der Waals surface area (Å²) in [4.78, 5) is 0. The van der Waals surface area contributed by atoms with Gasteiger partial charge in [0.05, 0.1) is 6.61 Å². The molecule has 0 aliphatic heterocycles. The summed E-state index contributed by atoms with van der Waals surface area (Å²) in [5, 5.41) is 4.12. The van der Waals surface area contributed by atoms with Gasteiger partial charge in [0, 0.05) is 36.4 Å². The van der Waals surface area contributed by atoms with Crippen LogP contribution in [-0.4, -0.2) is 16.4 Å². The van der Waals surface area contributed by atoms with Crippen LogP contribution in [0.2, 0.25) is 0 Å². The van der Waals surface area contributed by atoms with Crippen molar-refractivity contribution < 1.29 is 4.74 Å². The van der Waals surface area contributed by atoms with E-state index >= 15 is 0 Å². The topological polar surface area (TPSA) is 53.1 Å². The Morgan fingerprint density at radius 3 is 2.89 bits per heavy atom. The number of aromatic nitrogens is 2. The fourth-order valence-corrected chi connectivity index (χ4v) is 2.13. The minimum atomic E-state index is 0.500. The zero-order chi connectivity index (χ0) is 13.0. The first-order valence-electron chi connectivity index (χ1n) is 5.79. The van der Waals surface area contributed by atoms with Gasteiger partial charge in [-0.25, -0.2) is 0 Å². The fraction of sp³-hybridized carbons (Fsp3) is 0.308. The number of hydrogen-bond acceptors (Lipinski definition) is 3. The van der Waals surface area contributed by atoms with Crippen molar-refractivity contribution in [1.29, 1.82) is 0 Å². The van der Waals surface area contributed by atoms with E-state index in [2.05, 4.69) is 21.0 Å². The van der Waals surface area contributed by atoms with E-state index in [0.717, 1.165) is 27.9 Å². The van der Waals surface area contributed by atoms with E-state index in [1.165, 1.54) is 0 Å². The first kappa shape index (κ1) is 13.1. The maximum Gasteiger partial charge on any atom is 0.119 e. The van der Waals surface area contributed by atoms with Crippen molar-refractivity contribution in [3.05, 3.63) is 46.2 Å². The lowest BCUT2D eigenvalue weighted by Crippen LogP contribution is -2.06. The van der Waals surface area contributed by atoms with Crippen molar-refractivity contribution in [2.75, 3.05) is 6.61 Å². The van der Waals surface area contributed by atoms with Gasteiger partial charge in [-0.2, -0.15) is 5.10 Å². The molecular weight excluding hydrogens is 294 g/mol. The normalized spacial score (nSPS) is 10.6. The molecule has 2 N–H and O–H groups in total. The van der Waals surface area contributed by atoms with Gasteiger partial charge in [-0.3, -0.25) is 4.68 Å². The monoisotopic (exact) mass is 309 g/mol. The zero-order valence-corrected chi connectivity index (χ0v) is 11.9. The fourth-order valence-electron chi connectivity index (χ4n) is 1.72. The van der Waals surface area contributed by atoms with Crippen LogP contribution in [0.5, 0.6) is 5.75 Å². The Bertz CT molecular complexity index is 525. The Hall–Kier alpha value is -1.33. The number of rotatable bonds is 5. The van der Waals surface area contributed by atoms with Gasteiger partial charge in [0.2, 0.25) is 0 Å². The molecule has 0 radical (unpaired) electrons. The van der Waals surface area contributed by atoms with Gasteiger partial charge in [0.1, 0.15) is 5.75 Å². The van der Waals surface area contributed by atoms with Crippen molar-refractivity contribution in [2.24, 2.45) is 12.8 Å². The molecule has 0 aliphatic carbocycles. The predicted molar refractivity (Wildman–Crippen MR) is 74.4 cm³/mol. The highest BCUT2D eigenvalue weighted by Crippen LogP contribution is 2.22. The number of nitrogens with zero attached hydrogens (tertiary/aromatic N) is 2. The SMILES string of the molecule is Cn1nccc1CCOc1ccc(Br)c(CN)c1. The molecule has 1 heterocycles. The highest BCUT2D eigenvalue weighted by atomic mass is 79.9. The van der Waals surface area contributed by atoms with Gasteiger partial charge in [0.15, 0.2) is 0 Å². The quantitative estimate of drug-likeness (QED) is 0.921. The predicted octanol–water partition coefficient (Wildman–Crippen LogP) is 2.26. The van der Waals surface area contributed by atoms with Crippen molar-refractivity contribution >= 4 is 15.9 Å². The highest BCUT2D eigenvalue weighted by Gasteiger charge is 2.02. The standard InChI is InChI=1S/C13H16BrN3O/c1-17-11(4-6-16-17)5-7-18-12-2-3-13(14)10(8-12)9-15/h2-4,6,8H,5,7,9,15H2,1H3. The van der Waals surface area contributed by atoms with Gasteiger partial charge in [-0.1, -0.05) is 15.9 Å². The third kappa shape index (κ3) is 3.11. The lowest BCUT2D eigenvalue weighted by atomic mass is 10.2. The van der Waals surface area contributed by atoms with Crippen molar-refractivity contribution in [1.82, 2.24) is 9.78 Å². The summed E-state index contributed by atoms with van der Waals surface area (Å²) in [6.45, 7) is 1.13. The number of halogens is 1. The summed E-state index contributed by atoms with van der Waals surface area (Å²) in [5.41, 5.74) is 7.86. The van der Waals surface area contributed by atoms with Gasteiger partial charge >= 0.3 is 0 Å².